The third kappa shape index (κ3) is 2.16. The number of halogens is 1. The Labute approximate surface area is 124 Å². The van der Waals surface area contributed by atoms with E-state index in [1.807, 2.05) is 6.33 Å². The number of fused-ring (bicyclic) bond motifs is 3. The van der Waals surface area contributed by atoms with Crippen molar-refractivity contribution in [2.45, 2.75) is 45.6 Å². The molecule has 1 aliphatic carbocycles. The van der Waals surface area contributed by atoms with Crippen molar-refractivity contribution < 1.29 is 0 Å². The topological polar surface area (TPSA) is 56.7 Å². The molecule has 3 rings (SSSR count). The Hall–Kier alpha value is -1.29. The zero-order valence-electron chi connectivity index (χ0n) is 12.1. The van der Waals surface area contributed by atoms with E-state index >= 15 is 0 Å². The SMILES string of the molecule is CC(C)Cn1cnc2c(N)nc3c(c21)C(CCl)CCC3. The van der Waals surface area contributed by atoms with Crippen molar-refractivity contribution in [2.24, 2.45) is 5.92 Å². The molecule has 0 saturated heterocycles. The third-order valence-corrected chi connectivity index (χ3v) is 4.40. The first-order valence-electron chi connectivity index (χ1n) is 7.30. The number of hydrogen-bond acceptors (Lipinski definition) is 3. The number of pyridine rings is 1. The predicted octanol–water partition coefficient (Wildman–Crippen LogP) is 3.33. The van der Waals surface area contributed by atoms with E-state index in [0.29, 0.717) is 23.5 Å². The number of nitrogens with two attached hydrogens (primary N) is 1. The van der Waals surface area contributed by atoms with Crippen LogP contribution in [0.25, 0.3) is 11.0 Å². The Morgan fingerprint density at radius 3 is 3.00 bits per heavy atom. The smallest absolute Gasteiger partial charge is 0.151 e. The van der Waals surface area contributed by atoms with Crippen LogP contribution in [0.4, 0.5) is 5.82 Å². The predicted molar refractivity (Wildman–Crippen MR) is 83.2 cm³/mol. The lowest BCUT2D eigenvalue weighted by atomic mass is 9.86. The largest absolute Gasteiger partial charge is 0.382 e. The molecule has 0 aliphatic heterocycles. The van der Waals surface area contributed by atoms with Gasteiger partial charge >= 0.3 is 0 Å². The maximum Gasteiger partial charge on any atom is 0.151 e. The van der Waals surface area contributed by atoms with Crippen LogP contribution in [0, 0.1) is 5.92 Å². The summed E-state index contributed by atoms with van der Waals surface area (Å²) >= 11 is 6.18. The zero-order valence-corrected chi connectivity index (χ0v) is 12.8. The molecule has 0 bridgehead atoms. The molecule has 0 spiro atoms. The second-order valence-corrected chi connectivity index (χ2v) is 6.40. The van der Waals surface area contributed by atoms with Gasteiger partial charge in [-0.05, 0) is 25.2 Å². The molecule has 0 radical (unpaired) electrons. The van der Waals surface area contributed by atoms with Crippen molar-refractivity contribution in [2.75, 3.05) is 11.6 Å². The van der Waals surface area contributed by atoms with E-state index in [1.54, 1.807) is 0 Å². The molecule has 2 aromatic rings. The Morgan fingerprint density at radius 1 is 1.50 bits per heavy atom. The first-order chi connectivity index (χ1) is 9.61. The number of rotatable bonds is 3. The minimum atomic E-state index is 0.374. The van der Waals surface area contributed by atoms with Gasteiger partial charge < -0.3 is 10.3 Å². The molecule has 0 aromatic carbocycles. The van der Waals surface area contributed by atoms with Gasteiger partial charge in [0, 0.05) is 29.6 Å². The second kappa shape index (κ2) is 5.24. The second-order valence-electron chi connectivity index (χ2n) is 6.09. The minimum Gasteiger partial charge on any atom is -0.382 e. The quantitative estimate of drug-likeness (QED) is 0.883. The fourth-order valence-corrected chi connectivity index (χ4v) is 3.52. The van der Waals surface area contributed by atoms with Crippen LogP contribution < -0.4 is 5.73 Å². The van der Waals surface area contributed by atoms with Gasteiger partial charge in [0.1, 0.15) is 5.52 Å². The number of aryl methyl sites for hydroxylation is 1. The number of nitrogen functional groups attached to an aromatic ring is 1. The highest BCUT2D eigenvalue weighted by molar-refractivity contribution is 6.18. The van der Waals surface area contributed by atoms with Gasteiger partial charge in [-0.2, -0.15) is 0 Å². The van der Waals surface area contributed by atoms with Crippen molar-refractivity contribution in [1.82, 2.24) is 14.5 Å². The lowest BCUT2D eigenvalue weighted by Gasteiger charge is -2.25. The van der Waals surface area contributed by atoms with Crippen LogP contribution in [0.3, 0.4) is 0 Å². The molecule has 108 valence electrons. The first kappa shape index (κ1) is 13.7. The summed E-state index contributed by atoms with van der Waals surface area (Å²) in [5, 5.41) is 0. The number of aromatic nitrogens is 3. The standard InChI is InChI=1S/C15H21ClN4/c1-9(2)7-20-8-18-13-14(20)12-10(6-16)4-3-5-11(12)19-15(13)17/h8-10H,3-7H2,1-2H3,(H2,17,19). The highest BCUT2D eigenvalue weighted by Gasteiger charge is 2.26. The van der Waals surface area contributed by atoms with Gasteiger partial charge in [0.15, 0.2) is 5.82 Å². The molecule has 1 unspecified atom stereocenters. The van der Waals surface area contributed by atoms with Gasteiger partial charge in [0.05, 0.1) is 11.8 Å². The fraction of sp³-hybridized carbons (Fsp3) is 0.600. The summed E-state index contributed by atoms with van der Waals surface area (Å²) in [6, 6.07) is 0. The van der Waals surface area contributed by atoms with Gasteiger partial charge in [0.2, 0.25) is 0 Å². The molecule has 0 amide bonds. The molecule has 2 N–H and O–H groups in total. The van der Waals surface area contributed by atoms with Gasteiger partial charge in [-0.3, -0.25) is 0 Å². The van der Waals surface area contributed by atoms with Gasteiger partial charge in [-0.25, -0.2) is 9.97 Å². The average Bonchev–Trinajstić information content (AvgIpc) is 2.82. The Morgan fingerprint density at radius 2 is 2.30 bits per heavy atom. The fourth-order valence-electron chi connectivity index (χ4n) is 3.21. The minimum absolute atomic E-state index is 0.374. The van der Waals surface area contributed by atoms with Gasteiger partial charge in [-0.15, -0.1) is 11.6 Å². The molecule has 0 fully saturated rings. The van der Waals surface area contributed by atoms with E-state index in [0.717, 1.165) is 42.5 Å². The highest BCUT2D eigenvalue weighted by atomic mass is 35.5. The first-order valence-corrected chi connectivity index (χ1v) is 7.84. The summed E-state index contributed by atoms with van der Waals surface area (Å²) in [5.41, 5.74) is 10.5. The maximum absolute atomic E-state index is 6.18. The maximum atomic E-state index is 6.18. The monoisotopic (exact) mass is 292 g/mol. The van der Waals surface area contributed by atoms with E-state index in [1.165, 1.54) is 5.56 Å². The van der Waals surface area contributed by atoms with Crippen molar-refractivity contribution in [3.8, 4) is 0 Å². The Bertz CT molecular complexity index is 632. The van der Waals surface area contributed by atoms with E-state index in [-0.39, 0.29) is 0 Å². The lowest BCUT2D eigenvalue weighted by Crippen LogP contribution is -2.16. The molecule has 20 heavy (non-hydrogen) atoms. The summed E-state index contributed by atoms with van der Waals surface area (Å²) in [6.07, 6.45) is 5.16. The normalized spacial score (nSPS) is 18.7. The van der Waals surface area contributed by atoms with Crippen molar-refractivity contribution in [3.63, 3.8) is 0 Å². The van der Waals surface area contributed by atoms with Crippen molar-refractivity contribution in [3.05, 3.63) is 17.6 Å². The van der Waals surface area contributed by atoms with Crippen LogP contribution in [0.15, 0.2) is 6.33 Å². The Kier molecular flexibility index (Phi) is 3.59. The number of nitrogens with zero attached hydrogens (tertiary/aromatic N) is 3. The lowest BCUT2D eigenvalue weighted by molar-refractivity contribution is 0.527. The van der Waals surface area contributed by atoms with E-state index in [2.05, 4.69) is 28.4 Å². The molecular formula is C15H21ClN4. The molecule has 1 atom stereocenters. The summed E-state index contributed by atoms with van der Waals surface area (Å²) in [4.78, 5) is 9.06. The molecule has 5 heteroatoms. The molecular weight excluding hydrogens is 272 g/mol. The van der Waals surface area contributed by atoms with Crippen LogP contribution in [0.5, 0.6) is 0 Å². The van der Waals surface area contributed by atoms with E-state index < -0.39 is 0 Å². The summed E-state index contributed by atoms with van der Waals surface area (Å²) in [7, 11) is 0. The zero-order chi connectivity index (χ0) is 14.3. The Balaban J connectivity index is 2.26. The highest BCUT2D eigenvalue weighted by Crippen LogP contribution is 2.38. The number of alkyl halides is 1. The van der Waals surface area contributed by atoms with Crippen LogP contribution in [0.1, 0.15) is 43.9 Å². The van der Waals surface area contributed by atoms with Crippen LogP contribution in [-0.4, -0.2) is 20.4 Å². The molecule has 0 saturated carbocycles. The van der Waals surface area contributed by atoms with Crippen molar-refractivity contribution in [1.29, 1.82) is 0 Å². The average molecular weight is 293 g/mol. The summed E-state index contributed by atoms with van der Waals surface area (Å²) in [6.45, 7) is 5.37. The molecule has 4 nitrogen and oxygen atoms in total. The van der Waals surface area contributed by atoms with E-state index in [4.69, 9.17) is 17.3 Å². The van der Waals surface area contributed by atoms with E-state index in [9.17, 15) is 0 Å². The number of hydrogen-bond donors (Lipinski definition) is 1. The van der Waals surface area contributed by atoms with Crippen molar-refractivity contribution >= 4 is 28.5 Å². The molecule has 2 aromatic heterocycles. The number of imidazole rings is 1. The summed E-state index contributed by atoms with van der Waals surface area (Å²) in [5.74, 6) is 2.13. The number of anilines is 1. The third-order valence-electron chi connectivity index (χ3n) is 4.02. The van der Waals surface area contributed by atoms with Crippen LogP contribution in [-0.2, 0) is 13.0 Å². The molecule has 2 heterocycles. The van der Waals surface area contributed by atoms with Crippen LogP contribution >= 0.6 is 11.6 Å². The van der Waals surface area contributed by atoms with Crippen LogP contribution in [0.2, 0.25) is 0 Å². The summed E-state index contributed by atoms with van der Waals surface area (Å²) < 4.78 is 2.22. The van der Waals surface area contributed by atoms with Gasteiger partial charge in [0.25, 0.3) is 0 Å². The van der Waals surface area contributed by atoms with Gasteiger partial charge in [-0.1, -0.05) is 13.8 Å². The molecule has 1 aliphatic rings.